The summed E-state index contributed by atoms with van der Waals surface area (Å²) in [4.78, 5) is 0. The van der Waals surface area contributed by atoms with Crippen LogP contribution in [0.5, 0.6) is 17.4 Å². The summed E-state index contributed by atoms with van der Waals surface area (Å²) < 4.78 is 26.0. The lowest BCUT2D eigenvalue weighted by Gasteiger charge is -2.24. The number of aryl methyl sites for hydroxylation is 1. The van der Waals surface area contributed by atoms with E-state index in [2.05, 4.69) is 16.3 Å². The van der Waals surface area contributed by atoms with E-state index >= 15 is 0 Å². The number of nitrogens with one attached hydrogen (secondary N) is 1. The number of hydrogen-bond donors (Lipinski definition) is 2. The number of nitrogens with zero attached hydrogens (tertiary/aromatic N) is 2. The number of hydrogen-bond acceptors (Lipinski definition) is 5. The maximum Gasteiger partial charge on any atom is 0.244 e. The van der Waals surface area contributed by atoms with Crippen molar-refractivity contribution in [3.8, 4) is 34.7 Å². The number of fused-ring (bicyclic) bond motifs is 1. The third-order valence-electron chi connectivity index (χ3n) is 5.54. The zero-order valence-corrected chi connectivity index (χ0v) is 17.7. The van der Waals surface area contributed by atoms with Crippen molar-refractivity contribution in [1.29, 1.82) is 5.26 Å². The number of para-hydroxylation sites is 1. The second-order valence-electron chi connectivity index (χ2n) is 7.71. The largest absolute Gasteiger partial charge is 0.454 e. The summed E-state index contributed by atoms with van der Waals surface area (Å²) in [5.74, 6) is -0.346. The third-order valence-corrected chi connectivity index (χ3v) is 5.54. The first-order valence-electron chi connectivity index (χ1n) is 10.3. The minimum Gasteiger partial charge on any atom is -0.454 e. The highest BCUT2D eigenvalue weighted by molar-refractivity contribution is 5.71. The molecule has 0 spiro atoms. The van der Waals surface area contributed by atoms with Gasteiger partial charge in [-0.1, -0.05) is 54.1 Å². The van der Waals surface area contributed by atoms with Crippen LogP contribution >= 0.6 is 0 Å². The zero-order chi connectivity index (χ0) is 22.9. The SMILES string of the molecule is Cc1ccc(-c2[nH]nc3c2C(c2ccc(F)c(Oc4ccccc4)c2)C(C#N)=C(N)O3)cc1. The predicted molar refractivity (Wildman–Crippen MR) is 121 cm³/mol. The molecular formula is C26H19FN4O2. The minimum atomic E-state index is -0.618. The molecule has 0 radical (unpaired) electrons. The lowest BCUT2D eigenvalue weighted by atomic mass is 9.83. The molecule has 0 saturated carbocycles. The van der Waals surface area contributed by atoms with Crippen LogP contribution in [0.15, 0.2) is 84.3 Å². The Labute approximate surface area is 189 Å². The van der Waals surface area contributed by atoms with E-state index < -0.39 is 11.7 Å². The van der Waals surface area contributed by atoms with Gasteiger partial charge in [0.2, 0.25) is 11.8 Å². The fourth-order valence-corrected chi connectivity index (χ4v) is 3.91. The van der Waals surface area contributed by atoms with Gasteiger partial charge in [0.1, 0.15) is 17.4 Å². The molecule has 2 heterocycles. The third kappa shape index (κ3) is 3.68. The molecule has 0 bridgehead atoms. The standard InChI is InChI=1S/C26H19FN4O2/c1-15-7-9-16(10-8-15)24-23-22(19(14-28)25(29)33-26(23)31-30-24)17-11-12-20(27)21(13-17)32-18-5-3-2-4-6-18/h2-13,22H,29H2,1H3,(H,30,31). The Kier molecular flexibility index (Phi) is 5.04. The van der Waals surface area contributed by atoms with Gasteiger partial charge in [0, 0.05) is 5.56 Å². The molecule has 3 N–H and O–H groups in total. The number of rotatable bonds is 4. The van der Waals surface area contributed by atoms with Gasteiger partial charge in [-0.25, -0.2) is 4.39 Å². The molecule has 1 atom stereocenters. The Morgan fingerprint density at radius 3 is 2.58 bits per heavy atom. The normalized spacial score (nSPS) is 14.9. The number of nitriles is 1. The zero-order valence-electron chi connectivity index (χ0n) is 17.7. The molecule has 162 valence electrons. The molecule has 1 aromatic heterocycles. The van der Waals surface area contributed by atoms with Crippen LogP contribution in [0.2, 0.25) is 0 Å². The molecule has 5 rings (SSSR count). The number of halogens is 1. The van der Waals surface area contributed by atoms with Crippen molar-refractivity contribution in [2.45, 2.75) is 12.8 Å². The van der Waals surface area contributed by atoms with Gasteiger partial charge in [0.05, 0.1) is 17.2 Å². The fraction of sp³-hybridized carbons (Fsp3) is 0.0769. The Balaban J connectivity index is 1.65. The molecule has 33 heavy (non-hydrogen) atoms. The van der Waals surface area contributed by atoms with Gasteiger partial charge in [-0.15, -0.1) is 5.10 Å². The summed E-state index contributed by atoms with van der Waals surface area (Å²) >= 11 is 0. The highest BCUT2D eigenvalue weighted by Crippen LogP contribution is 2.46. The molecule has 7 heteroatoms. The van der Waals surface area contributed by atoms with Gasteiger partial charge in [-0.05, 0) is 36.8 Å². The van der Waals surface area contributed by atoms with Gasteiger partial charge >= 0.3 is 0 Å². The Hall–Kier alpha value is -4.57. The van der Waals surface area contributed by atoms with Crippen molar-refractivity contribution in [3.63, 3.8) is 0 Å². The second-order valence-corrected chi connectivity index (χ2v) is 7.71. The first-order valence-corrected chi connectivity index (χ1v) is 10.3. The number of H-pyrrole nitrogens is 1. The molecular weight excluding hydrogens is 419 g/mol. The number of aromatic amines is 1. The first-order chi connectivity index (χ1) is 16.0. The van der Waals surface area contributed by atoms with Crippen molar-refractivity contribution in [2.75, 3.05) is 0 Å². The van der Waals surface area contributed by atoms with Crippen LogP contribution in [0.1, 0.15) is 22.6 Å². The van der Waals surface area contributed by atoms with Crippen LogP contribution in [0.4, 0.5) is 4.39 Å². The molecule has 1 aliphatic rings. The smallest absolute Gasteiger partial charge is 0.244 e. The maximum atomic E-state index is 14.6. The summed E-state index contributed by atoms with van der Waals surface area (Å²) in [6, 6.07) is 23.5. The summed E-state index contributed by atoms with van der Waals surface area (Å²) in [6.45, 7) is 2.00. The van der Waals surface area contributed by atoms with Crippen molar-refractivity contribution in [3.05, 3.63) is 107 Å². The van der Waals surface area contributed by atoms with E-state index in [9.17, 15) is 9.65 Å². The quantitative estimate of drug-likeness (QED) is 0.436. The topological polar surface area (TPSA) is 97.0 Å². The number of allylic oxidation sites excluding steroid dienone is 1. The average Bonchev–Trinajstić information content (AvgIpc) is 3.24. The van der Waals surface area contributed by atoms with Crippen molar-refractivity contribution in [1.82, 2.24) is 10.2 Å². The highest BCUT2D eigenvalue weighted by Gasteiger charge is 2.36. The van der Waals surface area contributed by atoms with E-state index in [1.807, 2.05) is 37.3 Å². The maximum absolute atomic E-state index is 14.6. The Morgan fingerprint density at radius 1 is 1.09 bits per heavy atom. The lowest BCUT2D eigenvalue weighted by molar-refractivity contribution is 0.378. The van der Waals surface area contributed by atoms with E-state index in [0.717, 1.165) is 11.1 Å². The van der Waals surface area contributed by atoms with E-state index in [4.69, 9.17) is 15.2 Å². The number of benzene rings is 3. The summed E-state index contributed by atoms with van der Waals surface area (Å²) in [5, 5.41) is 17.2. The monoisotopic (exact) mass is 438 g/mol. The minimum absolute atomic E-state index is 0.0354. The van der Waals surface area contributed by atoms with Crippen molar-refractivity contribution < 1.29 is 13.9 Å². The second kappa shape index (κ2) is 8.17. The summed E-state index contributed by atoms with van der Waals surface area (Å²) in [5.41, 5.74) is 10.3. The van der Waals surface area contributed by atoms with Crippen LogP contribution in [0.3, 0.4) is 0 Å². The van der Waals surface area contributed by atoms with E-state index in [0.29, 0.717) is 22.6 Å². The molecule has 1 aliphatic heterocycles. The number of aromatic nitrogens is 2. The van der Waals surface area contributed by atoms with Gasteiger partial charge in [0.15, 0.2) is 11.6 Å². The van der Waals surface area contributed by atoms with Crippen LogP contribution in [-0.4, -0.2) is 10.2 Å². The average molecular weight is 438 g/mol. The molecule has 1 unspecified atom stereocenters. The molecule has 0 aliphatic carbocycles. The molecule has 6 nitrogen and oxygen atoms in total. The van der Waals surface area contributed by atoms with E-state index in [1.165, 1.54) is 6.07 Å². The first kappa shape index (κ1) is 20.3. The van der Waals surface area contributed by atoms with E-state index in [-0.39, 0.29) is 23.1 Å². The van der Waals surface area contributed by atoms with Gasteiger partial charge in [0.25, 0.3) is 0 Å². The Morgan fingerprint density at radius 2 is 1.85 bits per heavy atom. The van der Waals surface area contributed by atoms with E-state index in [1.54, 1.807) is 36.4 Å². The van der Waals surface area contributed by atoms with Gasteiger partial charge in [-0.2, -0.15) is 5.26 Å². The predicted octanol–water partition coefficient (Wildman–Crippen LogP) is 5.53. The van der Waals surface area contributed by atoms with Crippen LogP contribution < -0.4 is 15.2 Å². The molecule has 3 aromatic carbocycles. The molecule has 0 fully saturated rings. The van der Waals surface area contributed by atoms with Crippen LogP contribution in [0.25, 0.3) is 11.3 Å². The highest BCUT2D eigenvalue weighted by atomic mass is 19.1. The van der Waals surface area contributed by atoms with Gasteiger partial charge in [-0.3, -0.25) is 5.10 Å². The van der Waals surface area contributed by atoms with Crippen LogP contribution in [-0.2, 0) is 0 Å². The van der Waals surface area contributed by atoms with Crippen molar-refractivity contribution >= 4 is 0 Å². The number of nitrogens with two attached hydrogens (primary N) is 1. The number of ether oxygens (including phenoxy) is 2. The molecule has 4 aromatic rings. The molecule has 0 amide bonds. The lowest BCUT2D eigenvalue weighted by Crippen LogP contribution is -2.21. The Bertz CT molecular complexity index is 1400. The summed E-state index contributed by atoms with van der Waals surface area (Å²) in [7, 11) is 0. The summed E-state index contributed by atoms with van der Waals surface area (Å²) in [6.07, 6.45) is 0. The van der Waals surface area contributed by atoms with Gasteiger partial charge < -0.3 is 15.2 Å². The fourth-order valence-electron chi connectivity index (χ4n) is 3.91. The van der Waals surface area contributed by atoms with Crippen molar-refractivity contribution in [2.24, 2.45) is 5.73 Å². The molecule has 0 saturated heterocycles. The van der Waals surface area contributed by atoms with Crippen LogP contribution in [0, 0.1) is 24.1 Å².